The fourth-order valence-electron chi connectivity index (χ4n) is 2.94. The van der Waals surface area contributed by atoms with E-state index in [-0.39, 0.29) is 0 Å². The summed E-state index contributed by atoms with van der Waals surface area (Å²) < 4.78 is -0.450. The van der Waals surface area contributed by atoms with Gasteiger partial charge in [0.25, 0.3) is 0 Å². The highest BCUT2D eigenvalue weighted by atomic mass is 127. The number of unbranched alkanes of at least 4 members (excludes halogenated alkanes) is 14. The predicted octanol–water partition coefficient (Wildman–Crippen LogP) is 7.78. The van der Waals surface area contributed by atoms with E-state index in [4.69, 9.17) is 0 Å². The molecular weight excluding hydrogens is 383 g/mol. The van der Waals surface area contributed by atoms with Crippen molar-refractivity contribution in [1.29, 1.82) is 0 Å². The van der Waals surface area contributed by atoms with E-state index in [2.05, 4.69) is 36.4 Å². The zero-order chi connectivity index (χ0) is 16.5. The fraction of sp³-hybridized carbons (Fsp3) is 1.00. The molecule has 0 saturated heterocycles. The molecule has 0 aromatic heterocycles. The largest absolute Gasteiger partial charge is 0.380 e. The molecule has 0 heterocycles. The smallest absolute Gasteiger partial charge is 0.115 e. The Balaban J connectivity index is 3.06. The topological polar surface area (TPSA) is 20.2 Å². The molecule has 0 radical (unpaired) electrons. The maximum atomic E-state index is 9.91. The second kappa shape index (κ2) is 16.5. The highest BCUT2D eigenvalue weighted by molar-refractivity contribution is 14.1. The van der Waals surface area contributed by atoms with Crippen molar-refractivity contribution in [2.75, 3.05) is 0 Å². The zero-order valence-corrected chi connectivity index (χ0v) is 17.5. The quantitative estimate of drug-likeness (QED) is 0.144. The Morgan fingerprint density at radius 2 is 0.909 bits per heavy atom. The average Bonchev–Trinajstić information content (AvgIpc) is 2.51. The third kappa shape index (κ3) is 17.1. The minimum atomic E-state index is -0.450. The summed E-state index contributed by atoms with van der Waals surface area (Å²) >= 11 is 2.19. The molecule has 1 N–H and O–H groups in total. The number of alkyl halides is 1. The molecular formula is C20H41IO. The molecule has 1 unspecified atom stereocenters. The molecule has 1 atom stereocenters. The Kier molecular flexibility index (Phi) is 17.1. The van der Waals surface area contributed by atoms with Crippen molar-refractivity contribution in [2.45, 2.75) is 127 Å². The van der Waals surface area contributed by atoms with Crippen LogP contribution in [-0.4, -0.2) is 8.71 Å². The van der Waals surface area contributed by atoms with E-state index in [0.717, 1.165) is 12.8 Å². The van der Waals surface area contributed by atoms with E-state index in [1.807, 2.05) is 0 Å². The van der Waals surface area contributed by atoms with Gasteiger partial charge in [-0.25, -0.2) is 0 Å². The monoisotopic (exact) mass is 424 g/mol. The summed E-state index contributed by atoms with van der Waals surface area (Å²) in [6, 6.07) is 0. The molecule has 0 saturated carbocycles. The number of hydrogen-bond donors (Lipinski definition) is 1. The van der Waals surface area contributed by atoms with Crippen LogP contribution in [0.25, 0.3) is 0 Å². The van der Waals surface area contributed by atoms with Crippen molar-refractivity contribution < 1.29 is 5.11 Å². The van der Waals surface area contributed by atoms with Gasteiger partial charge in [-0.3, -0.25) is 0 Å². The van der Waals surface area contributed by atoms with Crippen molar-refractivity contribution in [2.24, 2.45) is 0 Å². The molecule has 0 aliphatic rings. The minimum absolute atomic E-state index is 0.450. The highest BCUT2D eigenvalue weighted by Crippen LogP contribution is 2.26. The van der Waals surface area contributed by atoms with Gasteiger partial charge >= 0.3 is 0 Å². The Morgan fingerprint density at radius 3 is 1.23 bits per heavy atom. The summed E-state index contributed by atoms with van der Waals surface area (Å²) in [6.07, 6.45) is 22.9. The fourth-order valence-corrected chi connectivity index (χ4v) is 3.33. The molecule has 0 aromatic rings. The van der Waals surface area contributed by atoms with Gasteiger partial charge in [0.1, 0.15) is 3.61 Å². The zero-order valence-electron chi connectivity index (χ0n) is 15.3. The SMILES string of the molecule is CCCCCCCCCCCCCCCCCC(O)(I)CC. The first kappa shape index (κ1) is 22.7. The first-order valence-corrected chi connectivity index (χ1v) is 11.1. The van der Waals surface area contributed by atoms with Crippen LogP contribution in [0.2, 0.25) is 0 Å². The molecule has 22 heavy (non-hydrogen) atoms. The van der Waals surface area contributed by atoms with Gasteiger partial charge in [-0.15, -0.1) is 0 Å². The summed E-state index contributed by atoms with van der Waals surface area (Å²) in [5.74, 6) is 0. The first-order chi connectivity index (χ1) is 10.6. The van der Waals surface area contributed by atoms with E-state index in [1.165, 1.54) is 96.3 Å². The van der Waals surface area contributed by atoms with Crippen molar-refractivity contribution >= 4 is 22.6 Å². The molecule has 134 valence electrons. The average molecular weight is 424 g/mol. The molecule has 0 aliphatic carbocycles. The van der Waals surface area contributed by atoms with E-state index >= 15 is 0 Å². The van der Waals surface area contributed by atoms with Gasteiger partial charge in [-0.1, -0.05) is 104 Å². The molecule has 0 rings (SSSR count). The standard InChI is InChI=1S/C20H41IO/c1-3-5-6-7-8-9-10-11-12-13-14-15-16-17-18-19-20(21,22)4-2/h22H,3-19H2,1-2H3. The summed E-state index contributed by atoms with van der Waals surface area (Å²) in [4.78, 5) is 0. The van der Waals surface area contributed by atoms with Crippen LogP contribution < -0.4 is 0 Å². The predicted molar refractivity (Wildman–Crippen MR) is 109 cm³/mol. The Bertz CT molecular complexity index is 216. The maximum Gasteiger partial charge on any atom is 0.115 e. The summed E-state index contributed by atoms with van der Waals surface area (Å²) in [5.41, 5.74) is 0. The van der Waals surface area contributed by atoms with Crippen LogP contribution in [-0.2, 0) is 0 Å². The number of hydrogen-bond acceptors (Lipinski definition) is 1. The minimum Gasteiger partial charge on any atom is -0.380 e. The number of rotatable bonds is 17. The normalized spacial score (nSPS) is 14.2. The summed E-state index contributed by atoms with van der Waals surface area (Å²) in [6.45, 7) is 4.35. The second-order valence-corrected chi connectivity index (χ2v) is 8.98. The molecule has 0 aromatic carbocycles. The second-order valence-electron chi connectivity index (χ2n) is 6.97. The lowest BCUT2D eigenvalue weighted by Crippen LogP contribution is -2.17. The van der Waals surface area contributed by atoms with Gasteiger partial charge < -0.3 is 5.11 Å². The number of aliphatic hydroxyl groups is 1. The van der Waals surface area contributed by atoms with E-state index in [0.29, 0.717) is 0 Å². The van der Waals surface area contributed by atoms with Crippen LogP contribution in [0.4, 0.5) is 0 Å². The molecule has 2 heteroatoms. The number of halogens is 1. The third-order valence-corrected chi connectivity index (χ3v) is 6.01. The van der Waals surface area contributed by atoms with Gasteiger partial charge in [-0.05, 0) is 41.9 Å². The van der Waals surface area contributed by atoms with Crippen LogP contribution in [0.5, 0.6) is 0 Å². The van der Waals surface area contributed by atoms with Crippen LogP contribution in [0.15, 0.2) is 0 Å². The van der Waals surface area contributed by atoms with Crippen LogP contribution in [0.3, 0.4) is 0 Å². The van der Waals surface area contributed by atoms with Crippen LogP contribution >= 0.6 is 22.6 Å². The van der Waals surface area contributed by atoms with Gasteiger partial charge in [-0.2, -0.15) is 0 Å². The lowest BCUT2D eigenvalue weighted by atomic mass is 10.0. The van der Waals surface area contributed by atoms with Crippen molar-refractivity contribution in [3.63, 3.8) is 0 Å². The van der Waals surface area contributed by atoms with Gasteiger partial charge in [0.05, 0.1) is 0 Å². The molecule has 0 aliphatic heterocycles. The highest BCUT2D eigenvalue weighted by Gasteiger charge is 2.18. The molecule has 0 bridgehead atoms. The summed E-state index contributed by atoms with van der Waals surface area (Å²) in [5, 5.41) is 9.91. The summed E-state index contributed by atoms with van der Waals surface area (Å²) in [7, 11) is 0. The molecule has 0 spiro atoms. The lowest BCUT2D eigenvalue weighted by molar-refractivity contribution is 0.138. The lowest BCUT2D eigenvalue weighted by Gasteiger charge is -2.18. The Labute approximate surface area is 154 Å². The van der Waals surface area contributed by atoms with Crippen molar-refractivity contribution in [1.82, 2.24) is 0 Å². The first-order valence-electron chi connectivity index (χ1n) is 10.0. The third-order valence-electron chi connectivity index (χ3n) is 4.71. The van der Waals surface area contributed by atoms with Crippen LogP contribution in [0, 0.1) is 0 Å². The van der Waals surface area contributed by atoms with Gasteiger partial charge in [0.2, 0.25) is 0 Å². The van der Waals surface area contributed by atoms with E-state index in [1.54, 1.807) is 0 Å². The van der Waals surface area contributed by atoms with Crippen molar-refractivity contribution in [3.8, 4) is 0 Å². The van der Waals surface area contributed by atoms with Crippen molar-refractivity contribution in [3.05, 3.63) is 0 Å². The Hall–Kier alpha value is 0.690. The maximum absolute atomic E-state index is 9.91. The molecule has 0 fully saturated rings. The van der Waals surface area contributed by atoms with Gasteiger partial charge in [0, 0.05) is 0 Å². The van der Waals surface area contributed by atoms with E-state index < -0.39 is 3.61 Å². The molecule has 1 nitrogen and oxygen atoms in total. The van der Waals surface area contributed by atoms with Crippen LogP contribution in [0.1, 0.15) is 123 Å². The van der Waals surface area contributed by atoms with Gasteiger partial charge in [0.15, 0.2) is 0 Å². The van der Waals surface area contributed by atoms with E-state index in [9.17, 15) is 5.11 Å². The molecule has 0 amide bonds. The Morgan fingerprint density at radius 1 is 0.591 bits per heavy atom.